The van der Waals surface area contributed by atoms with Crippen molar-refractivity contribution in [2.75, 3.05) is 11.9 Å². The average Bonchev–Trinajstić information content (AvgIpc) is 2.45. The molecule has 0 spiro atoms. The summed E-state index contributed by atoms with van der Waals surface area (Å²) in [4.78, 5) is 8.90. The van der Waals surface area contributed by atoms with Gasteiger partial charge in [-0.25, -0.2) is 9.97 Å². The van der Waals surface area contributed by atoms with E-state index in [1.807, 2.05) is 31.2 Å². The van der Waals surface area contributed by atoms with Crippen molar-refractivity contribution in [3.8, 4) is 5.75 Å². The number of halogens is 1. The number of benzene rings is 1. The Morgan fingerprint density at radius 2 is 2.05 bits per heavy atom. The predicted octanol–water partition coefficient (Wildman–Crippen LogP) is 4.37. The van der Waals surface area contributed by atoms with E-state index in [2.05, 4.69) is 51.1 Å². The van der Waals surface area contributed by atoms with E-state index in [4.69, 9.17) is 4.74 Å². The van der Waals surface area contributed by atoms with E-state index in [0.717, 1.165) is 27.6 Å². The van der Waals surface area contributed by atoms with E-state index in [0.29, 0.717) is 19.1 Å². The average molecular weight is 350 g/mol. The fraction of sp³-hybridized carbons (Fsp3) is 0.375. The van der Waals surface area contributed by atoms with Crippen molar-refractivity contribution in [3.63, 3.8) is 0 Å². The van der Waals surface area contributed by atoms with Crippen LogP contribution in [-0.2, 0) is 6.54 Å². The van der Waals surface area contributed by atoms with Crippen LogP contribution in [0, 0.1) is 0 Å². The van der Waals surface area contributed by atoms with E-state index in [9.17, 15) is 0 Å². The zero-order valence-electron chi connectivity index (χ0n) is 12.6. The minimum Gasteiger partial charge on any atom is -0.494 e. The van der Waals surface area contributed by atoms with Gasteiger partial charge in [0.1, 0.15) is 22.0 Å². The Balaban J connectivity index is 2.07. The molecule has 1 heterocycles. The number of ether oxygens (including phenoxy) is 1. The second-order valence-corrected chi connectivity index (χ2v) is 5.84. The van der Waals surface area contributed by atoms with Crippen LogP contribution in [0.25, 0.3) is 0 Å². The van der Waals surface area contributed by atoms with E-state index in [1.165, 1.54) is 0 Å². The summed E-state index contributed by atoms with van der Waals surface area (Å²) in [6.45, 7) is 7.51. The molecule has 1 N–H and O–H groups in total. The summed E-state index contributed by atoms with van der Waals surface area (Å²) in [5.41, 5.74) is 1.15. The van der Waals surface area contributed by atoms with Gasteiger partial charge in [0.25, 0.3) is 0 Å². The Labute approximate surface area is 134 Å². The lowest BCUT2D eigenvalue weighted by atomic mass is 10.2. The standard InChI is InChI=1S/C16H20BrN3O/c1-4-21-13-7-5-6-12(8-13)10-18-15-9-14(17)19-16(20-15)11(2)3/h5-9,11H,4,10H2,1-3H3,(H,18,19,20). The summed E-state index contributed by atoms with van der Waals surface area (Å²) in [5.74, 6) is 2.84. The molecule has 4 nitrogen and oxygen atoms in total. The predicted molar refractivity (Wildman–Crippen MR) is 88.8 cm³/mol. The number of aromatic nitrogens is 2. The van der Waals surface area contributed by atoms with Gasteiger partial charge in [-0.05, 0) is 40.5 Å². The molecule has 0 aliphatic heterocycles. The minimum atomic E-state index is 0.296. The fourth-order valence-corrected chi connectivity index (χ4v) is 2.29. The van der Waals surface area contributed by atoms with Crippen molar-refractivity contribution >= 4 is 21.7 Å². The van der Waals surface area contributed by atoms with Crippen LogP contribution in [0.1, 0.15) is 38.1 Å². The van der Waals surface area contributed by atoms with Gasteiger partial charge in [-0.15, -0.1) is 0 Å². The zero-order valence-corrected chi connectivity index (χ0v) is 14.1. The highest BCUT2D eigenvalue weighted by Gasteiger charge is 2.07. The lowest BCUT2D eigenvalue weighted by Gasteiger charge is -2.10. The Kier molecular flexibility index (Phi) is 5.56. The first-order valence-corrected chi connectivity index (χ1v) is 7.88. The molecule has 0 amide bonds. The monoisotopic (exact) mass is 349 g/mol. The summed E-state index contributed by atoms with van der Waals surface area (Å²) in [5, 5.41) is 3.33. The van der Waals surface area contributed by atoms with Gasteiger partial charge >= 0.3 is 0 Å². The molecule has 0 atom stereocenters. The number of rotatable bonds is 6. The molecule has 0 bridgehead atoms. The van der Waals surface area contributed by atoms with Crippen molar-refractivity contribution in [3.05, 3.63) is 46.3 Å². The number of hydrogen-bond donors (Lipinski definition) is 1. The van der Waals surface area contributed by atoms with E-state index < -0.39 is 0 Å². The van der Waals surface area contributed by atoms with Gasteiger partial charge in [0.15, 0.2) is 0 Å². The first-order chi connectivity index (χ1) is 10.1. The summed E-state index contributed by atoms with van der Waals surface area (Å²) >= 11 is 3.43. The summed E-state index contributed by atoms with van der Waals surface area (Å²) in [6.07, 6.45) is 0. The lowest BCUT2D eigenvalue weighted by molar-refractivity contribution is 0.340. The third-order valence-electron chi connectivity index (χ3n) is 2.91. The van der Waals surface area contributed by atoms with Crippen molar-refractivity contribution in [1.29, 1.82) is 0 Å². The largest absolute Gasteiger partial charge is 0.494 e. The quantitative estimate of drug-likeness (QED) is 0.786. The molecule has 5 heteroatoms. The Hall–Kier alpha value is -1.62. The smallest absolute Gasteiger partial charge is 0.134 e. The third-order valence-corrected chi connectivity index (χ3v) is 3.32. The molecular formula is C16H20BrN3O. The molecule has 0 radical (unpaired) electrons. The van der Waals surface area contributed by atoms with Gasteiger partial charge in [0.2, 0.25) is 0 Å². The Bertz CT molecular complexity index is 602. The minimum absolute atomic E-state index is 0.296. The molecule has 0 aliphatic rings. The summed E-state index contributed by atoms with van der Waals surface area (Å²) in [7, 11) is 0. The molecule has 0 fully saturated rings. The lowest BCUT2D eigenvalue weighted by Crippen LogP contribution is -2.06. The van der Waals surface area contributed by atoms with Crippen LogP contribution < -0.4 is 10.1 Å². The summed E-state index contributed by atoms with van der Waals surface area (Å²) in [6, 6.07) is 9.95. The molecule has 2 aromatic rings. The SMILES string of the molecule is CCOc1cccc(CNc2cc(Br)nc(C(C)C)n2)c1. The number of nitrogens with zero attached hydrogens (tertiary/aromatic N) is 2. The van der Waals surface area contributed by atoms with Gasteiger partial charge in [0.05, 0.1) is 6.61 Å². The first-order valence-electron chi connectivity index (χ1n) is 7.08. The van der Waals surface area contributed by atoms with E-state index in [1.54, 1.807) is 0 Å². The molecule has 112 valence electrons. The van der Waals surface area contributed by atoms with Gasteiger partial charge < -0.3 is 10.1 Å². The zero-order chi connectivity index (χ0) is 15.2. The molecule has 0 saturated carbocycles. The van der Waals surface area contributed by atoms with Gasteiger partial charge in [-0.3, -0.25) is 0 Å². The molecular weight excluding hydrogens is 330 g/mol. The van der Waals surface area contributed by atoms with Crippen LogP contribution in [0.5, 0.6) is 5.75 Å². The number of nitrogens with one attached hydrogen (secondary N) is 1. The first kappa shape index (κ1) is 15.8. The van der Waals surface area contributed by atoms with Crippen LogP contribution in [0.2, 0.25) is 0 Å². The highest BCUT2D eigenvalue weighted by atomic mass is 79.9. The molecule has 0 unspecified atom stereocenters. The molecule has 21 heavy (non-hydrogen) atoms. The van der Waals surface area contributed by atoms with Gasteiger partial charge in [-0.2, -0.15) is 0 Å². The van der Waals surface area contributed by atoms with Crippen molar-refractivity contribution in [2.45, 2.75) is 33.2 Å². The highest BCUT2D eigenvalue weighted by molar-refractivity contribution is 9.10. The molecule has 1 aromatic heterocycles. The third kappa shape index (κ3) is 4.70. The summed E-state index contributed by atoms with van der Waals surface area (Å²) < 4.78 is 6.31. The Morgan fingerprint density at radius 3 is 2.76 bits per heavy atom. The molecule has 0 aliphatic carbocycles. The normalized spacial score (nSPS) is 10.7. The maximum Gasteiger partial charge on any atom is 0.134 e. The fourth-order valence-electron chi connectivity index (χ4n) is 1.89. The van der Waals surface area contributed by atoms with Crippen molar-refractivity contribution in [2.24, 2.45) is 0 Å². The second-order valence-electron chi connectivity index (χ2n) is 5.02. The number of hydrogen-bond acceptors (Lipinski definition) is 4. The van der Waals surface area contributed by atoms with Crippen LogP contribution in [0.15, 0.2) is 34.9 Å². The second kappa shape index (κ2) is 7.41. The van der Waals surface area contributed by atoms with E-state index >= 15 is 0 Å². The van der Waals surface area contributed by atoms with Gasteiger partial charge in [0, 0.05) is 18.5 Å². The van der Waals surface area contributed by atoms with Crippen molar-refractivity contribution in [1.82, 2.24) is 9.97 Å². The maximum absolute atomic E-state index is 5.51. The van der Waals surface area contributed by atoms with E-state index in [-0.39, 0.29) is 0 Å². The van der Waals surface area contributed by atoms with Crippen LogP contribution >= 0.6 is 15.9 Å². The maximum atomic E-state index is 5.51. The molecule has 1 aromatic carbocycles. The van der Waals surface area contributed by atoms with Gasteiger partial charge in [-0.1, -0.05) is 26.0 Å². The van der Waals surface area contributed by atoms with Crippen LogP contribution in [0.4, 0.5) is 5.82 Å². The molecule has 2 rings (SSSR count). The number of anilines is 1. The Morgan fingerprint density at radius 1 is 1.24 bits per heavy atom. The van der Waals surface area contributed by atoms with Crippen molar-refractivity contribution < 1.29 is 4.74 Å². The van der Waals surface area contributed by atoms with Crippen LogP contribution in [-0.4, -0.2) is 16.6 Å². The highest BCUT2D eigenvalue weighted by Crippen LogP contribution is 2.19. The molecule has 0 saturated heterocycles. The van der Waals surface area contributed by atoms with Crippen LogP contribution in [0.3, 0.4) is 0 Å². The topological polar surface area (TPSA) is 47.0 Å².